The van der Waals surface area contributed by atoms with Gasteiger partial charge < -0.3 is 9.32 Å². The molecule has 0 radical (unpaired) electrons. The Morgan fingerprint density at radius 3 is 1.66 bits per heavy atom. The summed E-state index contributed by atoms with van der Waals surface area (Å²) in [4.78, 5) is 2.48. The second kappa shape index (κ2) is 14.7. The van der Waals surface area contributed by atoms with Crippen molar-refractivity contribution in [2.24, 2.45) is 0 Å². The monoisotopic (exact) mass is 835 g/mol. The Morgan fingerprint density at radius 1 is 0.415 bits per heavy atom. The van der Waals surface area contributed by atoms with E-state index in [2.05, 4.69) is 246 Å². The molecule has 0 saturated heterocycles. The minimum Gasteiger partial charge on any atom is -0.456 e. The van der Waals surface area contributed by atoms with Crippen molar-refractivity contribution in [1.82, 2.24) is 0 Å². The number of benzene rings is 10. The maximum atomic E-state index is 6.52. The summed E-state index contributed by atoms with van der Waals surface area (Å²) in [5.74, 6) is 0. The van der Waals surface area contributed by atoms with Crippen molar-refractivity contribution >= 4 is 60.5 Å². The second-order valence-corrected chi connectivity index (χ2v) is 19.3. The van der Waals surface area contributed by atoms with Crippen LogP contribution in [0.15, 0.2) is 211 Å². The number of fused-ring (bicyclic) bond motifs is 8. The Hall–Kier alpha value is -7.68. The maximum absolute atomic E-state index is 6.52. The molecule has 1 heterocycles. The third-order valence-corrected chi connectivity index (χ3v) is 14.0. The van der Waals surface area contributed by atoms with E-state index in [9.17, 15) is 0 Å². The molecule has 0 fully saturated rings. The highest BCUT2D eigenvalue weighted by Gasteiger charge is 2.36. The molecule has 0 N–H and O–H groups in total. The van der Waals surface area contributed by atoms with Gasteiger partial charge in [-0.2, -0.15) is 0 Å². The molecule has 2 nitrogen and oxygen atoms in total. The van der Waals surface area contributed by atoms with Gasteiger partial charge >= 0.3 is 0 Å². The number of para-hydroxylation sites is 1. The molecule has 12 rings (SSSR count). The van der Waals surface area contributed by atoms with Gasteiger partial charge in [-0.3, -0.25) is 0 Å². The number of furan rings is 1. The first-order valence-electron chi connectivity index (χ1n) is 22.8. The van der Waals surface area contributed by atoms with Crippen LogP contribution in [0, 0.1) is 0 Å². The van der Waals surface area contributed by atoms with Crippen LogP contribution in [-0.2, 0) is 10.8 Å². The van der Waals surface area contributed by atoms with E-state index in [4.69, 9.17) is 4.42 Å². The van der Waals surface area contributed by atoms with Gasteiger partial charge in [0, 0.05) is 33.1 Å². The maximum Gasteiger partial charge on any atom is 0.136 e. The molecule has 1 aliphatic rings. The average molecular weight is 836 g/mol. The van der Waals surface area contributed by atoms with E-state index in [-0.39, 0.29) is 10.8 Å². The van der Waals surface area contributed by atoms with Crippen molar-refractivity contribution < 1.29 is 4.42 Å². The van der Waals surface area contributed by atoms with Gasteiger partial charge in [-0.15, -0.1) is 0 Å². The van der Waals surface area contributed by atoms with Gasteiger partial charge in [-0.1, -0.05) is 186 Å². The number of rotatable bonds is 6. The lowest BCUT2D eigenvalue weighted by atomic mass is 9.82. The average Bonchev–Trinajstić information content (AvgIpc) is 3.82. The van der Waals surface area contributed by atoms with Crippen LogP contribution in [0.5, 0.6) is 0 Å². The lowest BCUT2D eigenvalue weighted by Gasteiger charge is -2.30. The van der Waals surface area contributed by atoms with E-state index >= 15 is 0 Å². The minimum absolute atomic E-state index is 0.126. The van der Waals surface area contributed by atoms with Crippen LogP contribution in [0.4, 0.5) is 17.1 Å². The molecule has 10 aromatic carbocycles. The summed E-state index contributed by atoms with van der Waals surface area (Å²) < 4.78 is 6.52. The van der Waals surface area contributed by atoms with Gasteiger partial charge in [0.2, 0.25) is 0 Å². The summed E-state index contributed by atoms with van der Waals surface area (Å²) in [5, 5.41) is 7.16. The Morgan fingerprint density at radius 2 is 0.969 bits per heavy atom. The van der Waals surface area contributed by atoms with Crippen LogP contribution in [0.25, 0.3) is 88.0 Å². The van der Waals surface area contributed by atoms with Gasteiger partial charge in [0.15, 0.2) is 0 Å². The van der Waals surface area contributed by atoms with Gasteiger partial charge in [0.1, 0.15) is 11.2 Å². The molecule has 65 heavy (non-hydrogen) atoms. The molecular weight excluding hydrogens is 787 g/mol. The Bertz CT molecular complexity index is 3640. The van der Waals surface area contributed by atoms with E-state index < -0.39 is 0 Å². The zero-order chi connectivity index (χ0) is 44.0. The Kier molecular flexibility index (Phi) is 8.80. The zero-order valence-corrected chi connectivity index (χ0v) is 37.5. The van der Waals surface area contributed by atoms with Gasteiger partial charge in [-0.25, -0.2) is 0 Å². The fourth-order valence-corrected chi connectivity index (χ4v) is 10.5. The van der Waals surface area contributed by atoms with Crippen LogP contribution >= 0.6 is 0 Å². The first-order chi connectivity index (χ1) is 31.6. The molecule has 11 aromatic rings. The number of hydrogen-bond acceptors (Lipinski definition) is 2. The third kappa shape index (κ3) is 6.39. The fourth-order valence-electron chi connectivity index (χ4n) is 10.5. The quantitative estimate of drug-likeness (QED) is 0.166. The van der Waals surface area contributed by atoms with Crippen molar-refractivity contribution in [3.8, 4) is 44.5 Å². The zero-order valence-electron chi connectivity index (χ0n) is 37.5. The van der Waals surface area contributed by atoms with Gasteiger partial charge in [0.25, 0.3) is 0 Å². The van der Waals surface area contributed by atoms with Crippen molar-refractivity contribution in [3.05, 3.63) is 223 Å². The summed E-state index contributed by atoms with van der Waals surface area (Å²) in [6.07, 6.45) is 0. The van der Waals surface area contributed by atoms with Crippen molar-refractivity contribution in [2.75, 3.05) is 4.90 Å². The summed E-state index contributed by atoms with van der Waals surface area (Å²) in [5.41, 5.74) is 18.8. The molecule has 1 aromatic heterocycles. The second-order valence-electron chi connectivity index (χ2n) is 19.3. The van der Waals surface area contributed by atoms with Crippen LogP contribution in [0.1, 0.15) is 51.3 Å². The van der Waals surface area contributed by atoms with Crippen molar-refractivity contribution in [2.45, 2.75) is 45.4 Å². The predicted molar refractivity (Wildman–Crippen MR) is 276 cm³/mol. The third-order valence-electron chi connectivity index (χ3n) is 14.0. The highest BCUT2D eigenvalue weighted by molar-refractivity contribution is 6.18. The first-order valence-corrected chi connectivity index (χ1v) is 22.8. The Labute approximate surface area is 381 Å². The van der Waals surface area contributed by atoms with Gasteiger partial charge in [0.05, 0.1) is 5.69 Å². The Balaban J connectivity index is 1.04. The lowest BCUT2D eigenvalue weighted by molar-refractivity contribution is 0.590. The molecule has 0 unspecified atom stereocenters. The largest absolute Gasteiger partial charge is 0.456 e. The van der Waals surface area contributed by atoms with Crippen LogP contribution in [-0.4, -0.2) is 0 Å². The summed E-state index contributed by atoms with van der Waals surface area (Å²) in [7, 11) is 0. The molecule has 2 heteroatoms. The molecule has 0 spiro atoms. The summed E-state index contributed by atoms with van der Waals surface area (Å²) in [6, 6.07) is 76.1. The topological polar surface area (TPSA) is 16.4 Å². The highest BCUT2D eigenvalue weighted by atomic mass is 16.3. The van der Waals surface area contributed by atoms with E-state index in [1.807, 2.05) is 0 Å². The van der Waals surface area contributed by atoms with E-state index in [1.165, 1.54) is 77.2 Å². The van der Waals surface area contributed by atoms with E-state index in [1.54, 1.807) is 0 Å². The summed E-state index contributed by atoms with van der Waals surface area (Å²) >= 11 is 0. The van der Waals surface area contributed by atoms with E-state index in [0.717, 1.165) is 44.6 Å². The summed E-state index contributed by atoms with van der Waals surface area (Å²) in [6.45, 7) is 11.5. The molecule has 312 valence electrons. The number of hydrogen-bond donors (Lipinski definition) is 0. The van der Waals surface area contributed by atoms with Crippen LogP contribution < -0.4 is 4.90 Å². The normalized spacial score (nSPS) is 13.1. The minimum atomic E-state index is -0.142. The molecule has 0 saturated carbocycles. The lowest BCUT2D eigenvalue weighted by Crippen LogP contribution is -2.15. The molecule has 0 aliphatic heterocycles. The molecular formula is C63H49NO. The number of anilines is 3. The van der Waals surface area contributed by atoms with Crippen molar-refractivity contribution in [1.29, 1.82) is 0 Å². The molecule has 0 atom stereocenters. The SMILES string of the molecule is CC(C)(C)c1ccc(-c2ccc(-c3ccc(N(c4ccc5c(c4)-c4cc6ccccc6cc4C5(C)C)c4ccc5ccccc5c4-c4cccc5oc6ccccc6c45)cc3)cc2)cc1. The molecule has 0 amide bonds. The number of nitrogens with zero attached hydrogens (tertiary/aromatic N) is 1. The molecule has 0 bridgehead atoms. The standard InChI is InChI=1S/C63H49NO/c1-62(2,3)47-30-25-42(26-31-47)40-21-23-41(24-22-40)43-27-32-48(33-28-43)64(49-34-35-55-54(39-49)53-37-45-14-6-7-15-46(45)38-56(53)63(55,4)5)57-36-29-44-13-8-9-16-50(44)60(57)52-18-12-20-59-61(52)51-17-10-11-19-58(51)65-59/h6-39H,1-5H3. The predicted octanol–water partition coefficient (Wildman–Crippen LogP) is 18.0. The smallest absolute Gasteiger partial charge is 0.136 e. The van der Waals surface area contributed by atoms with Crippen LogP contribution in [0.3, 0.4) is 0 Å². The van der Waals surface area contributed by atoms with Crippen LogP contribution in [0.2, 0.25) is 0 Å². The molecule has 1 aliphatic carbocycles. The highest BCUT2D eigenvalue weighted by Crippen LogP contribution is 2.53. The fraction of sp³-hybridized carbons (Fsp3) is 0.111. The van der Waals surface area contributed by atoms with Crippen molar-refractivity contribution in [3.63, 3.8) is 0 Å². The van der Waals surface area contributed by atoms with Gasteiger partial charge in [-0.05, 0) is 137 Å². The first kappa shape index (κ1) is 39.0. The van der Waals surface area contributed by atoms with E-state index in [0.29, 0.717) is 0 Å².